The molecule has 0 fully saturated rings. The molecule has 7 heteroatoms. The van der Waals surface area contributed by atoms with Crippen molar-refractivity contribution in [3.63, 3.8) is 0 Å². The van der Waals surface area contributed by atoms with Crippen molar-refractivity contribution in [3.05, 3.63) is 46.6 Å². The number of rotatable bonds is 4. The Bertz CT molecular complexity index is 876. The van der Waals surface area contributed by atoms with E-state index >= 15 is 0 Å². The van der Waals surface area contributed by atoms with Crippen molar-refractivity contribution in [1.29, 1.82) is 0 Å². The Morgan fingerprint density at radius 1 is 1.19 bits per heavy atom. The highest BCUT2D eigenvalue weighted by atomic mass is 31.2. The molecule has 26 heavy (non-hydrogen) atoms. The van der Waals surface area contributed by atoms with Crippen LogP contribution in [0, 0.1) is 0 Å². The van der Waals surface area contributed by atoms with E-state index in [1.807, 2.05) is 24.3 Å². The molecule has 136 valence electrons. The highest BCUT2D eigenvalue weighted by molar-refractivity contribution is 8.06. The number of carbonyl (C=O) groups is 4. The zero-order valence-electron chi connectivity index (χ0n) is 15.8. The molecule has 0 spiro atoms. The number of imide groups is 1. The van der Waals surface area contributed by atoms with E-state index in [1.165, 1.54) is 20.0 Å². The van der Waals surface area contributed by atoms with Crippen molar-refractivity contribution in [2.24, 2.45) is 0 Å². The number of allylic oxidation sites excluding steroid dienone is 3. The average Bonchev–Trinajstić information content (AvgIpc) is 2.61. The van der Waals surface area contributed by atoms with Crippen LogP contribution in [-0.4, -0.2) is 54.2 Å². The highest BCUT2D eigenvalue weighted by Gasteiger charge is 2.30. The molecule has 0 N–H and O–H groups in total. The van der Waals surface area contributed by atoms with Crippen molar-refractivity contribution < 1.29 is 19.2 Å². The third kappa shape index (κ3) is 3.80. The van der Waals surface area contributed by atoms with Gasteiger partial charge in [0.2, 0.25) is 6.43 Å². The second kappa shape index (κ2) is 7.59. The molecule has 0 aromatic heterocycles. The van der Waals surface area contributed by atoms with Crippen molar-refractivity contribution in [2.75, 3.05) is 13.7 Å². The molecular formula is C19H23BNO4P. The molecule has 0 aromatic rings. The monoisotopic (exact) mass is 371 g/mol. The maximum Gasteiger partial charge on any atom is 0.254 e. The van der Waals surface area contributed by atoms with Gasteiger partial charge in [0, 0.05) is 30.2 Å². The van der Waals surface area contributed by atoms with Crippen LogP contribution >= 0.6 is 6.76 Å². The minimum absolute atomic E-state index is 0.0758. The molecule has 0 saturated carbocycles. The number of amides is 2. The number of hydrogen-bond donors (Lipinski definition) is 0. The maximum absolute atomic E-state index is 12.4. The van der Waals surface area contributed by atoms with Crippen molar-refractivity contribution in [3.8, 4) is 0 Å². The van der Waals surface area contributed by atoms with Crippen molar-refractivity contribution in [2.45, 2.75) is 27.2 Å². The zero-order valence-corrected chi connectivity index (χ0v) is 16.7. The van der Waals surface area contributed by atoms with E-state index in [9.17, 15) is 19.2 Å². The number of Topliss-reactive ketones (excluding diaryl/α,β-unsaturated/α-hetero) is 2. The third-order valence-corrected chi connectivity index (χ3v) is 7.94. The molecule has 0 saturated heterocycles. The predicted octanol–water partition coefficient (Wildman–Crippen LogP) is 2.40. The summed E-state index contributed by atoms with van der Waals surface area (Å²) in [7, 11) is 1.45. The molecule has 2 aliphatic rings. The summed E-state index contributed by atoms with van der Waals surface area (Å²) in [6, 6.07) is 0. The van der Waals surface area contributed by atoms with Crippen LogP contribution in [-0.2, 0) is 19.2 Å². The van der Waals surface area contributed by atoms with Gasteiger partial charge in [0.15, 0.2) is 11.6 Å². The number of nitrogens with zero attached hydrogens (tertiary/aromatic N) is 1. The summed E-state index contributed by atoms with van der Waals surface area (Å²) in [5.74, 6) is 6.58. The lowest BCUT2D eigenvalue weighted by Gasteiger charge is -2.27. The Kier molecular flexibility index (Phi) is 5.87. The van der Waals surface area contributed by atoms with Gasteiger partial charge >= 0.3 is 0 Å². The second-order valence-electron chi connectivity index (χ2n) is 6.73. The van der Waals surface area contributed by atoms with Crippen LogP contribution in [0.5, 0.6) is 0 Å². The molecule has 0 radical (unpaired) electrons. The summed E-state index contributed by atoms with van der Waals surface area (Å²) >= 11 is 0. The fourth-order valence-electron chi connectivity index (χ4n) is 3.01. The fourth-order valence-corrected chi connectivity index (χ4v) is 5.78. The van der Waals surface area contributed by atoms with Crippen LogP contribution in [0.1, 0.15) is 27.2 Å². The van der Waals surface area contributed by atoms with Gasteiger partial charge in [-0.15, -0.1) is 12.7 Å². The summed E-state index contributed by atoms with van der Waals surface area (Å²) in [5.41, 5.74) is 1.37. The molecule has 2 amide bonds. The van der Waals surface area contributed by atoms with E-state index in [-0.39, 0.29) is 29.8 Å². The molecule has 1 unspecified atom stereocenters. The predicted molar refractivity (Wildman–Crippen MR) is 107 cm³/mol. The first-order chi connectivity index (χ1) is 12.1. The van der Waals surface area contributed by atoms with Crippen LogP contribution < -0.4 is 0 Å². The van der Waals surface area contributed by atoms with E-state index in [1.54, 1.807) is 25.9 Å². The van der Waals surface area contributed by atoms with Gasteiger partial charge < -0.3 is 0 Å². The van der Waals surface area contributed by atoms with E-state index in [0.29, 0.717) is 23.1 Å². The third-order valence-electron chi connectivity index (χ3n) is 4.73. The SMILES string of the molecule is CCC(=O)C1=C(C(C)=O)C=CP(C)(B2/C=C/C(=O)N(C)C(=O)/C(C)=C/2)=C1. The largest absolute Gasteiger partial charge is 0.294 e. The van der Waals surface area contributed by atoms with Gasteiger partial charge in [0.1, 0.15) is 0 Å². The Morgan fingerprint density at radius 2 is 1.85 bits per heavy atom. The van der Waals surface area contributed by atoms with Gasteiger partial charge in [0.05, 0.1) is 0 Å². The normalized spacial score (nSPS) is 26.7. The Labute approximate surface area is 154 Å². The van der Waals surface area contributed by atoms with Crippen LogP contribution in [0.25, 0.3) is 0 Å². The summed E-state index contributed by atoms with van der Waals surface area (Å²) < 4.78 is 0. The highest BCUT2D eigenvalue weighted by Crippen LogP contribution is 2.52. The lowest BCUT2D eigenvalue weighted by molar-refractivity contribution is -0.137. The molecule has 0 bridgehead atoms. The maximum atomic E-state index is 12.4. The topological polar surface area (TPSA) is 71.5 Å². The molecular weight excluding hydrogens is 348 g/mol. The summed E-state index contributed by atoms with van der Waals surface area (Å²) in [5, 5.41) is 0. The second-order valence-corrected chi connectivity index (χ2v) is 10.3. The lowest BCUT2D eigenvalue weighted by Crippen LogP contribution is -2.34. The van der Waals surface area contributed by atoms with E-state index in [4.69, 9.17) is 0 Å². The lowest BCUT2D eigenvalue weighted by atomic mass is 9.73. The summed E-state index contributed by atoms with van der Waals surface area (Å²) in [6.07, 6.45) is 3.26. The first kappa shape index (κ1) is 20.1. The fraction of sp³-hybridized carbons (Fsp3) is 0.316. The van der Waals surface area contributed by atoms with Gasteiger partial charge in [-0.05, 0) is 26.6 Å². The van der Waals surface area contributed by atoms with Gasteiger partial charge in [-0.1, -0.05) is 30.6 Å². The quantitative estimate of drug-likeness (QED) is 0.432. The summed E-state index contributed by atoms with van der Waals surface area (Å²) in [4.78, 5) is 49.7. The minimum atomic E-state index is -2.02. The van der Waals surface area contributed by atoms with Crippen LogP contribution in [0.2, 0.25) is 0 Å². The van der Waals surface area contributed by atoms with E-state index < -0.39 is 6.76 Å². The molecule has 5 nitrogen and oxygen atoms in total. The van der Waals surface area contributed by atoms with Gasteiger partial charge in [0.25, 0.3) is 11.8 Å². The smallest absolute Gasteiger partial charge is 0.254 e. The number of hydrogen-bond acceptors (Lipinski definition) is 4. The van der Waals surface area contributed by atoms with Gasteiger partial charge in [-0.25, -0.2) is 0 Å². The number of likely N-dealkylation sites (N-methyl/N-ethyl adjacent to an activating group) is 1. The van der Waals surface area contributed by atoms with Crippen molar-refractivity contribution in [1.82, 2.24) is 4.90 Å². The van der Waals surface area contributed by atoms with Crippen LogP contribution in [0.4, 0.5) is 0 Å². The van der Waals surface area contributed by atoms with Crippen LogP contribution in [0.3, 0.4) is 0 Å². The number of carbonyl (C=O) groups excluding carboxylic acids is 4. The molecule has 2 aliphatic heterocycles. The average molecular weight is 371 g/mol. The molecule has 0 aliphatic carbocycles. The van der Waals surface area contributed by atoms with Gasteiger partial charge in [-0.2, -0.15) is 0 Å². The van der Waals surface area contributed by atoms with E-state index in [0.717, 1.165) is 4.90 Å². The summed E-state index contributed by atoms with van der Waals surface area (Å²) in [6.45, 7) is 4.91. The Morgan fingerprint density at radius 3 is 2.42 bits per heavy atom. The molecule has 1 atom stereocenters. The first-order valence-electron chi connectivity index (χ1n) is 8.48. The first-order valence-corrected chi connectivity index (χ1v) is 10.9. The van der Waals surface area contributed by atoms with Crippen molar-refractivity contribution >= 4 is 42.4 Å². The van der Waals surface area contributed by atoms with Gasteiger partial charge in [-0.3, -0.25) is 24.1 Å². The molecule has 2 heterocycles. The van der Waals surface area contributed by atoms with Crippen LogP contribution in [0.15, 0.2) is 46.6 Å². The molecule has 0 aromatic carbocycles. The standard InChI is InChI=1S/C19H23BNO4P/c1-6-17(23)16-12-26(5,10-8-15(16)14(3)22)20-9-7-18(24)21(4)19(25)13(2)11-20/h7-12H,6H2,1-5H3/b9-7+,13-11+. The Balaban J connectivity index is 2.63. The Hall–Kier alpha value is -2.20. The van der Waals surface area contributed by atoms with E-state index in [2.05, 4.69) is 0 Å². The minimum Gasteiger partial charge on any atom is -0.294 e. The molecule has 2 rings (SSSR count). The number of ketones is 2. The zero-order chi connectivity index (χ0) is 19.6.